The molecule has 1 rings (SSSR count). The van der Waals surface area contributed by atoms with E-state index in [1.165, 1.54) is 0 Å². The third-order valence-electron chi connectivity index (χ3n) is 2.78. The van der Waals surface area contributed by atoms with Crippen molar-refractivity contribution in [2.24, 2.45) is 0 Å². The number of aromatic nitrogens is 2. The predicted octanol–water partition coefficient (Wildman–Crippen LogP) is 0.952. The van der Waals surface area contributed by atoms with E-state index in [4.69, 9.17) is 0 Å². The largest absolute Gasteiger partial charge is 0.350 e. The first-order chi connectivity index (χ1) is 9.10. The molecule has 0 saturated heterocycles. The van der Waals surface area contributed by atoms with Crippen molar-refractivity contribution < 1.29 is 4.79 Å². The van der Waals surface area contributed by atoms with E-state index in [0.29, 0.717) is 17.1 Å². The number of aromatic amines is 1. The van der Waals surface area contributed by atoms with Gasteiger partial charge in [-0.1, -0.05) is 0 Å². The lowest BCUT2D eigenvalue weighted by Gasteiger charge is -2.22. The maximum Gasteiger partial charge on any atom is 0.255 e. The summed E-state index contributed by atoms with van der Waals surface area (Å²) in [5, 5.41) is 5.91. The van der Waals surface area contributed by atoms with Crippen LogP contribution >= 0.6 is 0 Å². The van der Waals surface area contributed by atoms with Crippen molar-refractivity contribution in [3.63, 3.8) is 0 Å². The van der Waals surface area contributed by atoms with Crippen LogP contribution in [-0.4, -0.2) is 28.0 Å². The van der Waals surface area contributed by atoms with Gasteiger partial charge in [0.15, 0.2) is 0 Å². The zero-order valence-electron chi connectivity index (χ0n) is 13.0. The maximum atomic E-state index is 11.9. The van der Waals surface area contributed by atoms with Crippen LogP contribution in [0.5, 0.6) is 0 Å². The number of amides is 1. The Hall–Kier alpha value is -1.69. The van der Waals surface area contributed by atoms with Crippen LogP contribution in [-0.2, 0) is 4.79 Å². The lowest BCUT2D eigenvalue weighted by molar-refractivity contribution is -0.121. The van der Waals surface area contributed by atoms with Crippen molar-refractivity contribution in [1.29, 1.82) is 0 Å². The van der Waals surface area contributed by atoms with Gasteiger partial charge in [0, 0.05) is 17.3 Å². The quantitative estimate of drug-likeness (QED) is 0.766. The van der Waals surface area contributed by atoms with Crippen LogP contribution < -0.4 is 16.2 Å². The molecule has 0 aromatic carbocycles. The number of aryl methyl sites for hydroxylation is 2. The zero-order chi connectivity index (χ0) is 15.5. The van der Waals surface area contributed by atoms with Gasteiger partial charge in [0.05, 0.1) is 12.1 Å². The van der Waals surface area contributed by atoms with E-state index in [9.17, 15) is 9.59 Å². The molecular weight excluding hydrogens is 256 g/mol. The second kappa shape index (κ2) is 6.17. The van der Waals surface area contributed by atoms with Crippen molar-refractivity contribution in [2.75, 3.05) is 6.54 Å². The molecule has 1 amide bonds. The molecule has 0 spiro atoms. The van der Waals surface area contributed by atoms with E-state index in [2.05, 4.69) is 20.6 Å². The summed E-state index contributed by atoms with van der Waals surface area (Å²) < 4.78 is 0. The third kappa shape index (κ3) is 4.77. The SMILES string of the molecule is Cc1nc(C)c(C(C)NCC(=O)NC(C)(C)C)c(=O)[nH]1. The third-order valence-corrected chi connectivity index (χ3v) is 2.78. The number of carbonyl (C=O) groups is 1. The Morgan fingerprint density at radius 3 is 2.45 bits per heavy atom. The van der Waals surface area contributed by atoms with Gasteiger partial charge < -0.3 is 15.6 Å². The van der Waals surface area contributed by atoms with Gasteiger partial charge in [-0.3, -0.25) is 9.59 Å². The van der Waals surface area contributed by atoms with E-state index in [-0.39, 0.29) is 29.6 Å². The first-order valence-corrected chi connectivity index (χ1v) is 6.72. The lowest BCUT2D eigenvalue weighted by Crippen LogP contribution is -2.45. The van der Waals surface area contributed by atoms with Crippen molar-refractivity contribution in [2.45, 2.75) is 53.1 Å². The van der Waals surface area contributed by atoms with Crippen molar-refractivity contribution in [3.05, 3.63) is 27.4 Å². The van der Waals surface area contributed by atoms with E-state index in [0.717, 1.165) is 0 Å². The minimum absolute atomic E-state index is 0.0986. The highest BCUT2D eigenvalue weighted by molar-refractivity contribution is 5.78. The minimum atomic E-state index is -0.263. The van der Waals surface area contributed by atoms with Gasteiger partial charge >= 0.3 is 0 Å². The smallest absolute Gasteiger partial charge is 0.255 e. The Bertz CT molecular complexity index is 543. The summed E-state index contributed by atoms with van der Waals surface area (Å²) in [6.07, 6.45) is 0. The summed E-state index contributed by atoms with van der Waals surface area (Å²) in [6.45, 7) is 11.3. The molecule has 1 heterocycles. The summed E-state index contributed by atoms with van der Waals surface area (Å²) in [6, 6.07) is -0.238. The first kappa shape index (κ1) is 16.4. The second-order valence-corrected chi connectivity index (χ2v) is 6.05. The van der Waals surface area contributed by atoms with Gasteiger partial charge in [-0.25, -0.2) is 4.98 Å². The van der Waals surface area contributed by atoms with Crippen molar-refractivity contribution in [3.8, 4) is 0 Å². The normalized spacial score (nSPS) is 13.1. The van der Waals surface area contributed by atoms with Crippen molar-refractivity contribution in [1.82, 2.24) is 20.6 Å². The molecule has 0 bridgehead atoms. The number of nitrogens with one attached hydrogen (secondary N) is 3. The summed E-state index contributed by atoms with van der Waals surface area (Å²) in [5.74, 6) is 0.493. The standard InChI is InChI=1S/C14H24N4O2/c1-8(15-7-11(19)18-14(4,5)6)12-9(2)16-10(3)17-13(12)20/h8,15H,7H2,1-6H3,(H,18,19)(H,16,17,20). The predicted molar refractivity (Wildman–Crippen MR) is 78.6 cm³/mol. The van der Waals surface area contributed by atoms with Gasteiger partial charge in [-0.2, -0.15) is 0 Å². The fraction of sp³-hybridized carbons (Fsp3) is 0.643. The highest BCUT2D eigenvalue weighted by Gasteiger charge is 2.17. The van der Waals surface area contributed by atoms with Crippen LogP contribution in [0.15, 0.2) is 4.79 Å². The van der Waals surface area contributed by atoms with E-state index in [1.807, 2.05) is 27.7 Å². The Morgan fingerprint density at radius 2 is 1.95 bits per heavy atom. The number of hydrogen-bond acceptors (Lipinski definition) is 4. The van der Waals surface area contributed by atoms with Gasteiger partial charge in [0.1, 0.15) is 5.82 Å². The van der Waals surface area contributed by atoms with Crippen LogP contribution in [0.25, 0.3) is 0 Å². The molecule has 0 fully saturated rings. The molecule has 0 radical (unpaired) electrons. The first-order valence-electron chi connectivity index (χ1n) is 6.72. The number of carbonyl (C=O) groups excluding carboxylic acids is 1. The average Bonchev–Trinajstić information content (AvgIpc) is 2.22. The summed E-state index contributed by atoms with van der Waals surface area (Å²) in [7, 11) is 0. The van der Waals surface area contributed by atoms with Crippen LogP contribution in [0.2, 0.25) is 0 Å². The number of H-pyrrole nitrogens is 1. The van der Waals surface area contributed by atoms with Gasteiger partial charge in [0.2, 0.25) is 5.91 Å². The molecule has 6 nitrogen and oxygen atoms in total. The molecule has 3 N–H and O–H groups in total. The molecule has 6 heteroatoms. The van der Waals surface area contributed by atoms with Gasteiger partial charge in [0.25, 0.3) is 5.56 Å². The van der Waals surface area contributed by atoms with Gasteiger partial charge in [-0.15, -0.1) is 0 Å². The number of hydrogen-bond donors (Lipinski definition) is 3. The zero-order valence-corrected chi connectivity index (χ0v) is 13.0. The molecule has 0 aliphatic carbocycles. The molecule has 1 aromatic heterocycles. The topological polar surface area (TPSA) is 86.9 Å². The highest BCUT2D eigenvalue weighted by Crippen LogP contribution is 2.10. The van der Waals surface area contributed by atoms with Crippen LogP contribution in [0, 0.1) is 13.8 Å². The molecule has 0 saturated carbocycles. The van der Waals surface area contributed by atoms with Crippen LogP contribution in [0.4, 0.5) is 0 Å². The molecule has 0 aliphatic rings. The lowest BCUT2D eigenvalue weighted by atomic mass is 10.1. The molecular formula is C14H24N4O2. The van der Waals surface area contributed by atoms with E-state index < -0.39 is 0 Å². The summed E-state index contributed by atoms with van der Waals surface area (Å²) in [5.41, 5.74) is 0.828. The molecule has 1 unspecified atom stereocenters. The fourth-order valence-corrected chi connectivity index (χ4v) is 2.06. The van der Waals surface area contributed by atoms with Crippen LogP contribution in [0.3, 0.4) is 0 Å². The molecule has 20 heavy (non-hydrogen) atoms. The highest BCUT2D eigenvalue weighted by atomic mass is 16.2. The molecule has 1 aromatic rings. The minimum Gasteiger partial charge on any atom is -0.350 e. The number of nitrogens with zero attached hydrogens (tertiary/aromatic N) is 1. The van der Waals surface area contributed by atoms with Gasteiger partial charge in [-0.05, 0) is 41.5 Å². The Labute approximate surface area is 119 Å². The Balaban J connectivity index is 2.71. The average molecular weight is 280 g/mol. The molecule has 0 aliphatic heterocycles. The Morgan fingerprint density at radius 1 is 1.35 bits per heavy atom. The van der Waals surface area contributed by atoms with E-state index >= 15 is 0 Å². The summed E-state index contributed by atoms with van der Waals surface area (Å²) in [4.78, 5) is 30.6. The summed E-state index contributed by atoms with van der Waals surface area (Å²) >= 11 is 0. The van der Waals surface area contributed by atoms with Crippen molar-refractivity contribution >= 4 is 5.91 Å². The maximum absolute atomic E-state index is 11.9. The monoisotopic (exact) mass is 280 g/mol. The fourth-order valence-electron chi connectivity index (χ4n) is 2.06. The Kier molecular flexibility index (Phi) is 5.05. The second-order valence-electron chi connectivity index (χ2n) is 6.05. The number of rotatable bonds is 4. The van der Waals surface area contributed by atoms with E-state index in [1.54, 1.807) is 13.8 Å². The molecule has 1 atom stereocenters. The van der Waals surface area contributed by atoms with Crippen LogP contribution in [0.1, 0.15) is 50.8 Å². The molecule has 112 valence electrons.